The van der Waals surface area contributed by atoms with Gasteiger partial charge in [-0.25, -0.2) is 4.39 Å². The van der Waals surface area contributed by atoms with Crippen molar-refractivity contribution >= 4 is 22.5 Å². The highest BCUT2D eigenvalue weighted by atomic mass is 19.1. The first kappa shape index (κ1) is 40.1. The highest BCUT2D eigenvalue weighted by Gasteiger charge is 2.35. The predicted octanol–water partition coefficient (Wildman–Crippen LogP) is 5.07. The Balaban J connectivity index is 0.000000365. The van der Waals surface area contributed by atoms with Gasteiger partial charge in [-0.1, -0.05) is 42.3 Å². The van der Waals surface area contributed by atoms with Crippen molar-refractivity contribution in [1.29, 1.82) is 5.26 Å². The van der Waals surface area contributed by atoms with Gasteiger partial charge in [-0.15, -0.1) is 6.42 Å². The normalized spacial score (nSPS) is 23.8. The second kappa shape index (κ2) is 19.3. The number of piperazine rings is 1. The Morgan fingerprint density at radius 3 is 2.58 bits per heavy atom. The van der Waals surface area contributed by atoms with Crippen LogP contribution >= 0.6 is 0 Å². The number of piperidine rings is 1. The highest BCUT2D eigenvalue weighted by molar-refractivity contribution is 5.91. The molecule has 3 aromatic rings. The van der Waals surface area contributed by atoms with E-state index in [9.17, 15) is 14.3 Å². The van der Waals surface area contributed by atoms with Gasteiger partial charge >= 0.3 is 6.01 Å². The summed E-state index contributed by atoms with van der Waals surface area (Å²) in [6.45, 7) is 9.07. The SMILES string of the molecule is C#Cc1cccc2cccc(C3Cc4nc(OC)nc(N5CCN(C(=O)/C=C/CN6CCCC(CO)C6)CC5)c4CO3)c12.CC#N.FC1CC2CCCN2C1. The molecule has 8 rings (SSSR count). The van der Waals surface area contributed by atoms with E-state index in [0.717, 1.165) is 84.4 Å². The number of aliphatic hydroxyl groups is 1. The molecule has 1 amide bonds. The number of amides is 1. The number of hydrogen-bond acceptors (Lipinski definition) is 10. The minimum Gasteiger partial charge on any atom is -0.467 e. The zero-order chi connectivity index (χ0) is 38.7. The van der Waals surface area contributed by atoms with Crippen molar-refractivity contribution in [2.24, 2.45) is 5.92 Å². The number of carbonyl (C=O) groups is 1. The van der Waals surface area contributed by atoms with E-state index < -0.39 is 6.17 Å². The average molecular weight is 752 g/mol. The summed E-state index contributed by atoms with van der Waals surface area (Å²) in [5, 5.41) is 18.9. The molecule has 12 heteroatoms. The topological polar surface area (TPSA) is 118 Å². The number of alkyl halides is 1. The first-order chi connectivity index (χ1) is 26.8. The highest BCUT2D eigenvalue weighted by Crippen LogP contribution is 2.38. The zero-order valence-corrected chi connectivity index (χ0v) is 32.2. The smallest absolute Gasteiger partial charge is 0.318 e. The summed E-state index contributed by atoms with van der Waals surface area (Å²) in [4.78, 5) is 31.1. The lowest BCUT2D eigenvalue weighted by Gasteiger charge is -2.37. The second-order valence-electron chi connectivity index (χ2n) is 14.9. The van der Waals surface area contributed by atoms with Crippen LogP contribution in [0.2, 0.25) is 0 Å². The van der Waals surface area contributed by atoms with Gasteiger partial charge in [0.25, 0.3) is 0 Å². The average Bonchev–Trinajstić information content (AvgIpc) is 3.81. The van der Waals surface area contributed by atoms with Crippen LogP contribution in [-0.2, 0) is 22.6 Å². The summed E-state index contributed by atoms with van der Waals surface area (Å²) >= 11 is 0. The van der Waals surface area contributed by atoms with E-state index in [1.54, 1.807) is 19.3 Å². The number of carbonyl (C=O) groups excluding carboxylic acids is 1. The number of terminal acetylenes is 1. The second-order valence-corrected chi connectivity index (χ2v) is 14.9. The number of aliphatic hydroxyl groups excluding tert-OH is 1. The van der Waals surface area contributed by atoms with E-state index in [0.29, 0.717) is 63.7 Å². The Morgan fingerprint density at radius 1 is 1.09 bits per heavy atom. The van der Waals surface area contributed by atoms with Gasteiger partial charge in [-0.2, -0.15) is 15.2 Å². The summed E-state index contributed by atoms with van der Waals surface area (Å²) < 4.78 is 24.6. The van der Waals surface area contributed by atoms with Crippen LogP contribution in [0.1, 0.15) is 67.5 Å². The molecule has 5 aliphatic heterocycles. The number of anilines is 1. The Bertz CT molecular complexity index is 1870. The summed E-state index contributed by atoms with van der Waals surface area (Å²) in [5.41, 5.74) is 3.80. The number of nitriles is 1. The molecule has 55 heavy (non-hydrogen) atoms. The number of hydrogen-bond donors (Lipinski definition) is 1. The third kappa shape index (κ3) is 9.81. The Kier molecular flexibility index (Phi) is 14.1. The van der Waals surface area contributed by atoms with E-state index in [1.165, 1.54) is 19.8 Å². The van der Waals surface area contributed by atoms with E-state index in [4.69, 9.17) is 31.1 Å². The fraction of sp³-hybridized carbons (Fsp3) is 0.535. The molecule has 4 fully saturated rings. The van der Waals surface area contributed by atoms with E-state index in [-0.39, 0.29) is 18.6 Å². The summed E-state index contributed by atoms with van der Waals surface area (Å²) in [7, 11) is 1.59. The van der Waals surface area contributed by atoms with Crippen molar-refractivity contribution in [2.45, 2.75) is 70.4 Å². The minimum atomic E-state index is -0.518. The van der Waals surface area contributed by atoms with Gasteiger partial charge in [0, 0.05) is 94.4 Å². The standard InChI is InChI=1S/C34H39N5O4.C7H12FN.C2H3N/c1-3-25-9-4-10-26-11-5-12-27(32(25)26)30-20-29-28(23-43-30)33(36-34(35-29)42-2)39-18-16-38(17-19-39)31(41)13-7-15-37-14-6-8-24(21-37)22-40;8-6-4-7-2-1-3-9(7)5-6;1-2-3/h1,4-5,7,9-13,24,30,40H,6,8,14-23H2,2H3;6-7H,1-5H2;1H3/b13-7+;;. The molecule has 0 aliphatic carbocycles. The fourth-order valence-electron chi connectivity index (χ4n) is 8.58. The molecule has 0 bridgehead atoms. The molecular formula is C43H54FN7O4. The Hall–Kier alpha value is -4.59. The molecule has 11 nitrogen and oxygen atoms in total. The van der Waals surface area contributed by atoms with Crippen LogP contribution in [0, 0.1) is 29.6 Å². The number of methoxy groups -OCH3 is 1. The van der Waals surface area contributed by atoms with Crippen molar-refractivity contribution in [3.8, 4) is 24.4 Å². The zero-order valence-electron chi connectivity index (χ0n) is 32.2. The van der Waals surface area contributed by atoms with Crippen molar-refractivity contribution < 1.29 is 23.8 Å². The first-order valence-electron chi connectivity index (χ1n) is 19.6. The number of rotatable bonds is 7. The minimum absolute atomic E-state index is 0.0327. The largest absolute Gasteiger partial charge is 0.467 e. The molecular weight excluding hydrogens is 698 g/mol. The van der Waals surface area contributed by atoms with E-state index in [2.05, 4.69) is 38.8 Å². The van der Waals surface area contributed by atoms with Gasteiger partial charge in [0.05, 0.1) is 31.6 Å². The van der Waals surface area contributed by atoms with Crippen LogP contribution in [0.25, 0.3) is 10.8 Å². The van der Waals surface area contributed by atoms with Crippen LogP contribution < -0.4 is 9.64 Å². The summed E-state index contributed by atoms with van der Waals surface area (Å²) in [5.74, 6) is 4.02. The van der Waals surface area contributed by atoms with Crippen molar-refractivity contribution in [1.82, 2.24) is 24.7 Å². The molecule has 2 aromatic carbocycles. The third-order valence-corrected chi connectivity index (χ3v) is 11.3. The fourth-order valence-corrected chi connectivity index (χ4v) is 8.58. The van der Waals surface area contributed by atoms with Crippen LogP contribution in [0.4, 0.5) is 10.2 Å². The van der Waals surface area contributed by atoms with Gasteiger partial charge < -0.3 is 24.4 Å². The number of likely N-dealkylation sites (tertiary alicyclic amines) is 1. The van der Waals surface area contributed by atoms with Crippen LogP contribution in [0.5, 0.6) is 6.01 Å². The molecule has 6 heterocycles. The Labute approximate surface area is 324 Å². The van der Waals surface area contributed by atoms with Crippen molar-refractivity contribution in [3.05, 3.63) is 70.9 Å². The monoisotopic (exact) mass is 751 g/mol. The molecule has 4 atom stereocenters. The summed E-state index contributed by atoms with van der Waals surface area (Å²) in [6.07, 6.45) is 14.9. The molecule has 4 saturated heterocycles. The van der Waals surface area contributed by atoms with E-state index >= 15 is 0 Å². The number of benzene rings is 2. The lowest BCUT2D eigenvalue weighted by atomic mass is 9.92. The van der Waals surface area contributed by atoms with Crippen LogP contribution in [-0.4, -0.2) is 121 Å². The van der Waals surface area contributed by atoms with Gasteiger partial charge in [0.15, 0.2) is 0 Å². The third-order valence-electron chi connectivity index (χ3n) is 11.3. The van der Waals surface area contributed by atoms with Gasteiger partial charge in [0.1, 0.15) is 12.0 Å². The van der Waals surface area contributed by atoms with Gasteiger partial charge in [-0.05, 0) is 68.1 Å². The van der Waals surface area contributed by atoms with Gasteiger partial charge in [-0.3, -0.25) is 14.6 Å². The maximum Gasteiger partial charge on any atom is 0.318 e. The van der Waals surface area contributed by atoms with Crippen LogP contribution in [0.15, 0.2) is 48.6 Å². The number of halogens is 1. The summed E-state index contributed by atoms with van der Waals surface area (Å²) in [6, 6.07) is 14.9. The van der Waals surface area contributed by atoms with E-state index in [1.807, 2.05) is 29.2 Å². The maximum atomic E-state index is 12.9. The molecule has 0 saturated carbocycles. The molecule has 1 aromatic heterocycles. The first-order valence-corrected chi connectivity index (χ1v) is 19.6. The number of fused-ring (bicyclic) bond motifs is 3. The van der Waals surface area contributed by atoms with Crippen molar-refractivity contribution in [2.75, 3.05) is 77.5 Å². The number of aromatic nitrogens is 2. The predicted molar refractivity (Wildman–Crippen MR) is 211 cm³/mol. The van der Waals surface area contributed by atoms with Gasteiger partial charge in [0.2, 0.25) is 5.91 Å². The molecule has 5 aliphatic rings. The molecule has 4 unspecified atom stereocenters. The quantitative estimate of drug-likeness (QED) is 0.259. The maximum absolute atomic E-state index is 12.9. The van der Waals surface area contributed by atoms with Crippen LogP contribution in [0.3, 0.4) is 0 Å². The molecule has 0 radical (unpaired) electrons. The molecule has 292 valence electrons. The Morgan fingerprint density at radius 2 is 1.85 bits per heavy atom. The van der Waals surface area contributed by atoms with Crippen molar-refractivity contribution in [3.63, 3.8) is 0 Å². The molecule has 0 spiro atoms. The lowest BCUT2D eigenvalue weighted by molar-refractivity contribution is -0.126. The number of ether oxygens (including phenoxy) is 2. The molecule has 1 N–H and O–H groups in total. The number of nitrogens with zero attached hydrogens (tertiary/aromatic N) is 7. The lowest BCUT2D eigenvalue weighted by Crippen LogP contribution is -2.49.